The third kappa shape index (κ3) is 4.24. The lowest BCUT2D eigenvalue weighted by molar-refractivity contribution is -0.139. The highest BCUT2D eigenvalue weighted by atomic mass is 16.5. The fraction of sp³-hybridized carbons (Fsp3) is 0.533. The highest BCUT2D eigenvalue weighted by molar-refractivity contribution is 5.97. The SMILES string of the molecule is CCC[C@@](C)(OCC)C(=O)Nc1ccc(OC)cc1. The Balaban J connectivity index is 2.74. The third-order valence-electron chi connectivity index (χ3n) is 3.02. The Morgan fingerprint density at radius 2 is 1.89 bits per heavy atom. The van der Waals surface area contributed by atoms with Gasteiger partial charge in [0.25, 0.3) is 5.91 Å². The number of rotatable bonds is 7. The Hall–Kier alpha value is -1.55. The van der Waals surface area contributed by atoms with E-state index >= 15 is 0 Å². The number of carbonyl (C=O) groups excluding carboxylic acids is 1. The van der Waals surface area contributed by atoms with Gasteiger partial charge in [0.1, 0.15) is 11.4 Å². The molecule has 0 spiro atoms. The number of amides is 1. The Labute approximate surface area is 115 Å². The van der Waals surface area contributed by atoms with Crippen LogP contribution in [0.2, 0.25) is 0 Å². The summed E-state index contributed by atoms with van der Waals surface area (Å²) < 4.78 is 10.7. The van der Waals surface area contributed by atoms with E-state index in [0.717, 1.165) is 17.9 Å². The van der Waals surface area contributed by atoms with Crippen LogP contribution in [-0.2, 0) is 9.53 Å². The monoisotopic (exact) mass is 265 g/mol. The predicted octanol–water partition coefficient (Wildman–Crippen LogP) is 3.23. The lowest BCUT2D eigenvalue weighted by atomic mass is 9.99. The summed E-state index contributed by atoms with van der Waals surface area (Å²) in [5, 5.41) is 2.88. The summed E-state index contributed by atoms with van der Waals surface area (Å²) in [6.45, 7) is 6.29. The highest BCUT2D eigenvalue weighted by Crippen LogP contribution is 2.21. The van der Waals surface area contributed by atoms with Crippen molar-refractivity contribution in [2.24, 2.45) is 0 Å². The molecule has 1 aromatic carbocycles. The molecule has 0 aliphatic rings. The van der Waals surface area contributed by atoms with Crippen LogP contribution in [0.4, 0.5) is 5.69 Å². The molecule has 0 unspecified atom stereocenters. The van der Waals surface area contributed by atoms with E-state index in [-0.39, 0.29) is 5.91 Å². The standard InChI is InChI=1S/C15H23NO3/c1-5-11-15(3,19-6-2)14(17)16-12-7-9-13(18-4)10-8-12/h7-10H,5-6,11H2,1-4H3,(H,16,17)/t15-/m1/s1. The number of ether oxygens (including phenoxy) is 2. The average molecular weight is 265 g/mol. The van der Waals surface area contributed by atoms with Gasteiger partial charge in [-0.3, -0.25) is 4.79 Å². The molecular formula is C15H23NO3. The number of hydrogen-bond acceptors (Lipinski definition) is 3. The molecule has 4 nitrogen and oxygen atoms in total. The molecule has 1 rings (SSSR count). The van der Waals surface area contributed by atoms with Crippen molar-refractivity contribution in [1.82, 2.24) is 0 Å². The molecule has 0 saturated heterocycles. The lowest BCUT2D eigenvalue weighted by Gasteiger charge is -2.27. The van der Waals surface area contributed by atoms with Gasteiger partial charge < -0.3 is 14.8 Å². The normalized spacial score (nSPS) is 13.7. The summed E-state index contributed by atoms with van der Waals surface area (Å²) in [5.74, 6) is 0.653. The van der Waals surface area contributed by atoms with E-state index in [1.807, 2.05) is 45.0 Å². The fourth-order valence-corrected chi connectivity index (χ4v) is 1.98. The molecule has 1 amide bonds. The number of anilines is 1. The molecule has 0 radical (unpaired) electrons. The van der Waals surface area contributed by atoms with Crippen molar-refractivity contribution in [3.8, 4) is 5.75 Å². The van der Waals surface area contributed by atoms with Crippen molar-refractivity contribution in [1.29, 1.82) is 0 Å². The molecule has 0 fully saturated rings. The van der Waals surface area contributed by atoms with E-state index in [4.69, 9.17) is 9.47 Å². The molecule has 106 valence electrons. The van der Waals surface area contributed by atoms with Gasteiger partial charge in [0.2, 0.25) is 0 Å². The van der Waals surface area contributed by atoms with Crippen molar-refractivity contribution < 1.29 is 14.3 Å². The summed E-state index contributed by atoms with van der Waals surface area (Å²) in [6, 6.07) is 7.25. The van der Waals surface area contributed by atoms with Gasteiger partial charge in [0.05, 0.1) is 7.11 Å². The molecule has 0 aromatic heterocycles. The van der Waals surface area contributed by atoms with Gasteiger partial charge in [-0.15, -0.1) is 0 Å². The van der Waals surface area contributed by atoms with Crippen LogP contribution >= 0.6 is 0 Å². The number of benzene rings is 1. The predicted molar refractivity (Wildman–Crippen MR) is 76.6 cm³/mol. The highest BCUT2D eigenvalue weighted by Gasteiger charge is 2.32. The zero-order valence-corrected chi connectivity index (χ0v) is 12.2. The van der Waals surface area contributed by atoms with Crippen LogP contribution in [-0.4, -0.2) is 25.2 Å². The second-order valence-electron chi connectivity index (χ2n) is 4.60. The zero-order chi connectivity index (χ0) is 14.3. The first-order valence-electron chi connectivity index (χ1n) is 6.65. The average Bonchev–Trinajstić information content (AvgIpc) is 2.40. The van der Waals surface area contributed by atoms with Crippen LogP contribution in [0.3, 0.4) is 0 Å². The number of hydrogen-bond donors (Lipinski definition) is 1. The van der Waals surface area contributed by atoms with Crippen LogP contribution in [0.15, 0.2) is 24.3 Å². The fourth-order valence-electron chi connectivity index (χ4n) is 1.98. The summed E-state index contributed by atoms with van der Waals surface area (Å²) in [7, 11) is 1.61. The smallest absolute Gasteiger partial charge is 0.256 e. The summed E-state index contributed by atoms with van der Waals surface area (Å²) in [4.78, 5) is 12.3. The molecule has 0 aliphatic heterocycles. The first-order chi connectivity index (χ1) is 9.05. The van der Waals surface area contributed by atoms with Crippen molar-refractivity contribution in [2.45, 2.75) is 39.2 Å². The molecule has 4 heteroatoms. The Morgan fingerprint density at radius 3 is 2.37 bits per heavy atom. The summed E-state index contributed by atoms with van der Waals surface area (Å²) >= 11 is 0. The summed E-state index contributed by atoms with van der Waals surface area (Å²) in [6.07, 6.45) is 1.59. The molecule has 0 saturated carbocycles. The van der Waals surface area contributed by atoms with Crippen molar-refractivity contribution in [2.75, 3.05) is 19.0 Å². The molecule has 19 heavy (non-hydrogen) atoms. The van der Waals surface area contributed by atoms with Gasteiger partial charge in [-0.2, -0.15) is 0 Å². The minimum atomic E-state index is -0.774. The first-order valence-corrected chi connectivity index (χ1v) is 6.65. The van der Waals surface area contributed by atoms with Gasteiger partial charge in [-0.1, -0.05) is 13.3 Å². The third-order valence-corrected chi connectivity index (χ3v) is 3.02. The van der Waals surface area contributed by atoms with Crippen LogP contribution < -0.4 is 10.1 Å². The van der Waals surface area contributed by atoms with Crippen LogP contribution in [0.5, 0.6) is 5.75 Å². The number of carbonyl (C=O) groups is 1. The Kier molecular flexibility index (Phi) is 5.83. The molecule has 1 atom stereocenters. The number of nitrogens with one attached hydrogen (secondary N) is 1. The molecular weight excluding hydrogens is 242 g/mol. The van der Waals surface area contributed by atoms with Gasteiger partial charge in [-0.25, -0.2) is 0 Å². The van der Waals surface area contributed by atoms with Gasteiger partial charge in [0.15, 0.2) is 0 Å². The minimum absolute atomic E-state index is 0.110. The Morgan fingerprint density at radius 1 is 1.26 bits per heavy atom. The Bertz CT molecular complexity index is 394. The molecule has 1 N–H and O–H groups in total. The minimum Gasteiger partial charge on any atom is -0.497 e. The zero-order valence-electron chi connectivity index (χ0n) is 12.2. The van der Waals surface area contributed by atoms with Crippen molar-refractivity contribution in [3.63, 3.8) is 0 Å². The van der Waals surface area contributed by atoms with E-state index in [2.05, 4.69) is 5.32 Å². The maximum atomic E-state index is 12.3. The van der Waals surface area contributed by atoms with Crippen LogP contribution in [0.1, 0.15) is 33.6 Å². The van der Waals surface area contributed by atoms with Crippen molar-refractivity contribution >= 4 is 11.6 Å². The van der Waals surface area contributed by atoms with Gasteiger partial charge in [0, 0.05) is 12.3 Å². The molecule has 0 aliphatic carbocycles. The molecule has 0 bridgehead atoms. The quantitative estimate of drug-likeness (QED) is 0.823. The van der Waals surface area contributed by atoms with Gasteiger partial charge in [-0.05, 0) is 44.5 Å². The molecule has 1 aromatic rings. The summed E-state index contributed by atoms with van der Waals surface area (Å²) in [5.41, 5.74) is -0.0310. The van der Waals surface area contributed by atoms with E-state index in [0.29, 0.717) is 13.0 Å². The maximum Gasteiger partial charge on any atom is 0.256 e. The second kappa shape index (κ2) is 7.14. The van der Waals surface area contributed by atoms with Crippen molar-refractivity contribution in [3.05, 3.63) is 24.3 Å². The van der Waals surface area contributed by atoms with E-state index < -0.39 is 5.60 Å². The van der Waals surface area contributed by atoms with Crippen LogP contribution in [0.25, 0.3) is 0 Å². The van der Waals surface area contributed by atoms with E-state index in [1.54, 1.807) is 7.11 Å². The topological polar surface area (TPSA) is 47.6 Å². The maximum absolute atomic E-state index is 12.3. The van der Waals surface area contributed by atoms with E-state index in [9.17, 15) is 4.79 Å². The van der Waals surface area contributed by atoms with Crippen LogP contribution in [0, 0.1) is 0 Å². The second-order valence-corrected chi connectivity index (χ2v) is 4.60. The van der Waals surface area contributed by atoms with Gasteiger partial charge >= 0.3 is 0 Å². The van der Waals surface area contributed by atoms with E-state index in [1.165, 1.54) is 0 Å². The first kappa shape index (κ1) is 15.5. The number of methoxy groups -OCH3 is 1. The lowest BCUT2D eigenvalue weighted by Crippen LogP contribution is -2.42. The molecule has 0 heterocycles. The largest absolute Gasteiger partial charge is 0.497 e.